The molecule has 1 aromatic heterocycles. The van der Waals surface area contributed by atoms with Crippen LogP contribution < -0.4 is 0 Å². The van der Waals surface area contributed by atoms with Gasteiger partial charge >= 0.3 is 0 Å². The molecular formula is C10H12FNO3S. The van der Waals surface area contributed by atoms with Crippen LogP contribution in [0.4, 0.5) is 4.39 Å². The molecule has 0 N–H and O–H groups in total. The molecule has 0 saturated heterocycles. The molecule has 1 aromatic rings. The molecule has 0 aromatic carbocycles. The van der Waals surface area contributed by atoms with Crippen molar-refractivity contribution in [3.8, 4) is 0 Å². The molecule has 0 amide bonds. The topological polar surface area (TPSA) is 64.1 Å². The van der Waals surface area contributed by atoms with Crippen LogP contribution in [0.5, 0.6) is 0 Å². The van der Waals surface area contributed by atoms with Gasteiger partial charge in [-0.25, -0.2) is 12.8 Å². The van der Waals surface area contributed by atoms with Crippen molar-refractivity contribution in [1.82, 2.24) is 4.98 Å². The maximum atomic E-state index is 12.7. The number of hydrogen-bond donors (Lipinski definition) is 0. The summed E-state index contributed by atoms with van der Waals surface area (Å²) in [4.78, 5) is 15.0. The Hall–Kier alpha value is -1.30. The van der Waals surface area contributed by atoms with Crippen molar-refractivity contribution in [2.24, 2.45) is 0 Å². The van der Waals surface area contributed by atoms with Crippen LogP contribution in [0.2, 0.25) is 0 Å². The van der Waals surface area contributed by atoms with Gasteiger partial charge in [-0.15, -0.1) is 0 Å². The number of rotatable bonds is 5. The minimum Gasteiger partial charge on any atom is -0.294 e. The Bertz CT molecular complexity index is 485. The Morgan fingerprint density at radius 3 is 2.69 bits per heavy atom. The van der Waals surface area contributed by atoms with E-state index in [4.69, 9.17) is 0 Å². The molecule has 16 heavy (non-hydrogen) atoms. The molecule has 0 saturated carbocycles. The van der Waals surface area contributed by atoms with Gasteiger partial charge in [0.15, 0.2) is 5.78 Å². The van der Waals surface area contributed by atoms with E-state index in [0.717, 1.165) is 18.5 Å². The minimum absolute atomic E-state index is 0.0402. The smallest absolute Gasteiger partial charge is 0.164 e. The van der Waals surface area contributed by atoms with E-state index < -0.39 is 15.7 Å². The van der Waals surface area contributed by atoms with Gasteiger partial charge in [0.05, 0.1) is 11.9 Å². The van der Waals surface area contributed by atoms with Crippen molar-refractivity contribution in [3.63, 3.8) is 0 Å². The van der Waals surface area contributed by atoms with E-state index in [2.05, 4.69) is 4.98 Å². The van der Waals surface area contributed by atoms with Crippen LogP contribution in [-0.2, 0) is 9.84 Å². The molecule has 0 bridgehead atoms. The molecule has 88 valence electrons. The molecule has 0 atom stereocenters. The third kappa shape index (κ3) is 4.48. The van der Waals surface area contributed by atoms with E-state index in [1.165, 1.54) is 6.20 Å². The van der Waals surface area contributed by atoms with Crippen LogP contribution in [0.15, 0.2) is 18.5 Å². The summed E-state index contributed by atoms with van der Waals surface area (Å²) in [5.74, 6) is -0.911. The minimum atomic E-state index is -3.05. The standard InChI is InChI=1S/C10H12FNO3S/c1-16(14,15)4-2-3-10(13)8-5-9(11)7-12-6-8/h5-7H,2-4H2,1H3. The largest absolute Gasteiger partial charge is 0.294 e. The van der Waals surface area contributed by atoms with Gasteiger partial charge in [0.25, 0.3) is 0 Å². The Morgan fingerprint density at radius 2 is 2.12 bits per heavy atom. The van der Waals surface area contributed by atoms with Crippen LogP contribution in [-0.4, -0.2) is 31.2 Å². The van der Waals surface area contributed by atoms with Crippen LogP contribution in [0.3, 0.4) is 0 Å². The van der Waals surface area contributed by atoms with E-state index in [9.17, 15) is 17.6 Å². The number of pyridine rings is 1. The molecular weight excluding hydrogens is 233 g/mol. The quantitative estimate of drug-likeness (QED) is 0.732. The highest BCUT2D eigenvalue weighted by molar-refractivity contribution is 7.90. The Kier molecular flexibility index (Phi) is 4.12. The highest BCUT2D eigenvalue weighted by atomic mass is 32.2. The highest BCUT2D eigenvalue weighted by Crippen LogP contribution is 2.06. The molecule has 4 nitrogen and oxygen atoms in total. The summed E-state index contributed by atoms with van der Waals surface area (Å²) in [6.45, 7) is 0. The number of sulfone groups is 1. The molecule has 0 unspecified atom stereocenters. The van der Waals surface area contributed by atoms with Gasteiger partial charge < -0.3 is 0 Å². The summed E-state index contributed by atoms with van der Waals surface area (Å²) in [6, 6.07) is 1.09. The fourth-order valence-corrected chi connectivity index (χ4v) is 1.87. The molecule has 1 heterocycles. The second kappa shape index (κ2) is 5.16. The van der Waals surface area contributed by atoms with Crippen LogP contribution in [0.1, 0.15) is 23.2 Å². The predicted molar refractivity (Wildman–Crippen MR) is 57.5 cm³/mol. The van der Waals surface area contributed by atoms with Crippen LogP contribution in [0, 0.1) is 5.82 Å². The summed E-state index contributed by atoms with van der Waals surface area (Å²) in [5, 5.41) is 0. The lowest BCUT2D eigenvalue weighted by Gasteiger charge is -2.00. The predicted octanol–water partition coefficient (Wildman–Crippen LogP) is 1.23. The summed E-state index contributed by atoms with van der Waals surface area (Å²) >= 11 is 0. The monoisotopic (exact) mass is 245 g/mol. The van der Waals surface area contributed by atoms with Crippen molar-refractivity contribution in [2.75, 3.05) is 12.0 Å². The van der Waals surface area contributed by atoms with Gasteiger partial charge in [0.1, 0.15) is 15.7 Å². The zero-order valence-electron chi connectivity index (χ0n) is 8.81. The lowest BCUT2D eigenvalue weighted by atomic mass is 10.1. The summed E-state index contributed by atoms with van der Waals surface area (Å²) < 4.78 is 34.4. The lowest BCUT2D eigenvalue weighted by molar-refractivity contribution is 0.0981. The Labute approximate surface area is 93.4 Å². The zero-order valence-corrected chi connectivity index (χ0v) is 9.63. The highest BCUT2D eigenvalue weighted by Gasteiger charge is 2.09. The summed E-state index contributed by atoms with van der Waals surface area (Å²) in [6.07, 6.45) is 3.72. The van der Waals surface area contributed by atoms with E-state index in [-0.39, 0.29) is 29.9 Å². The van der Waals surface area contributed by atoms with Crippen LogP contribution in [0.25, 0.3) is 0 Å². The van der Waals surface area contributed by atoms with Crippen molar-refractivity contribution in [3.05, 3.63) is 29.8 Å². The Morgan fingerprint density at radius 1 is 1.44 bits per heavy atom. The van der Waals surface area contributed by atoms with E-state index in [1.807, 2.05) is 0 Å². The van der Waals surface area contributed by atoms with Crippen molar-refractivity contribution in [2.45, 2.75) is 12.8 Å². The average Bonchev–Trinajstić information content (AvgIpc) is 2.15. The Balaban J connectivity index is 2.54. The number of carbonyl (C=O) groups is 1. The zero-order chi connectivity index (χ0) is 12.2. The number of ketones is 1. The van der Waals surface area contributed by atoms with Gasteiger partial charge in [-0.1, -0.05) is 0 Å². The third-order valence-corrected chi connectivity index (χ3v) is 2.98. The normalized spacial score (nSPS) is 11.4. The summed E-state index contributed by atoms with van der Waals surface area (Å²) in [7, 11) is -3.05. The number of Topliss-reactive ketones (excluding diaryl/α,β-unsaturated/α-hetero) is 1. The van der Waals surface area contributed by atoms with Crippen molar-refractivity contribution >= 4 is 15.6 Å². The van der Waals surface area contributed by atoms with E-state index in [1.54, 1.807) is 0 Å². The molecule has 0 aliphatic rings. The molecule has 0 fully saturated rings. The molecule has 6 heteroatoms. The molecule has 0 aliphatic heterocycles. The summed E-state index contributed by atoms with van der Waals surface area (Å²) in [5.41, 5.74) is 0.175. The van der Waals surface area contributed by atoms with Gasteiger partial charge in [-0.2, -0.15) is 0 Å². The number of hydrogen-bond acceptors (Lipinski definition) is 4. The number of carbonyl (C=O) groups excluding carboxylic acids is 1. The van der Waals surface area contributed by atoms with Gasteiger partial charge in [0.2, 0.25) is 0 Å². The fraction of sp³-hybridized carbons (Fsp3) is 0.400. The first kappa shape index (κ1) is 12.8. The second-order valence-electron chi connectivity index (χ2n) is 3.55. The van der Waals surface area contributed by atoms with E-state index >= 15 is 0 Å². The van der Waals surface area contributed by atoms with E-state index in [0.29, 0.717) is 0 Å². The first-order valence-electron chi connectivity index (χ1n) is 4.70. The molecule has 0 spiro atoms. The molecule has 0 radical (unpaired) electrons. The molecule has 1 rings (SSSR count). The van der Waals surface area contributed by atoms with Crippen LogP contribution >= 0.6 is 0 Å². The number of nitrogens with zero attached hydrogens (tertiary/aromatic N) is 1. The van der Waals surface area contributed by atoms with Gasteiger partial charge in [0, 0.05) is 24.4 Å². The first-order chi connectivity index (χ1) is 7.38. The fourth-order valence-electron chi connectivity index (χ4n) is 1.20. The third-order valence-electron chi connectivity index (χ3n) is 1.95. The maximum absolute atomic E-state index is 12.7. The van der Waals surface area contributed by atoms with Crippen molar-refractivity contribution in [1.29, 1.82) is 0 Å². The second-order valence-corrected chi connectivity index (χ2v) is 5.81. The number of halogens is 1. The molecule has 0 aliphatic carbocycles. The maximum Gasteiger partial charge on any atom is 0.164 e. The number of aromatic nitrogens is 1. The lowest BCUT2D eigenvalue weighted by Crippen LogP contribution is -2.07. The van der Waals surface area contributed by atoms with Crippen molar-refractivity contribution < 1.29 is 17.6 Å². The van der Waals surface area contributed by atoms with Gasteiger partial charge in [-0.05, 0) is 12.5 Å². The SMILES string of the molecule is CS(=O)(=O)CCCC(=O)c1cncc(F)c1. The first-order valence-corrected chi connectivity index (χ1v) is 6.76. The van der Waals surface area contributed by atoms with Gasteiger partial charge in [-0.3, -0.25) is 9.78 Å². The average molecular weight is 245 g/mol.